The lowest BCUT2D eigenvalue weighted by Crippen LogP contribution is -2.28. The van der Waals surface area contributed by atoms with Crippen LogP contribution in [0.4, 0.5) is 4.39 Å². The first-order valence-corrected chi connectivity index (χ1v) is 7.28. The van der Waals surface area contributed by atoms with Crippen LogP contribution in [0.1, 0.15) is 12.8 Å². The molecule has 17 heavy (non-hydrogen) atoms. The topological polar surface area (TPSA) is 37.4 Å². The van der Waals surface area contributed by atoms with Crippen LogP contribution in [-0.4, -0.2) is 25.8 Å². The van der Waals surface area contributed by atoms with Gasteiger partial charge in [-0.05, 0) is 25.0 Å². The highest BCUT2D eigenvalue weighted by Crippen LogP contribution is 2.32. The van der Waals surface area contributed by atoms with Crippen LogP contribution >= 0.6 is 23.2 Å². The van der Waals surface area contributed by atoms with Crippen molar-refractivity contribution in [3.05, 3.63) is 28.0 Å². The Balaban J connectivity index is 2.50. The highest BCUT2D eigenvalue weighted by Gasteiger charge is 2.30. The molecular formula is C10H10Cl2FNO2S. The average Bonchev–Trinajstić information content (AvgIpc) is 2.79. The van der Waals surface area contributed by atoms with Crippen LogP contribution in [-0.2, 0) is 10.0 Å². The summed E-state index contributed by atoms with van der Waals surface area (Å²) >= 11 is 11.2. The van der Waals surface area contributed by atoms with Crippen LogP contribution in [0, 0.1) is 5.82 Å². The maximum atomic E-state index is 13.5. The second-order valence-corrected chi connectivity index (χ2v) is 6.48. The van der Waals surface area contributed by atoms with Crippen LogP contribution in [0.2, 0.25) is 10.0 Å². The summed E-state index contributed by atoms with van der Waals surface area (Å²) in [6.45, 7) is 0.895. The molecule has 1 heterocycles. The van der Waals surface area contributed by atoms with E-state index in [4.69, 9.17) is 23.2 Å². The van der Waals surface area contributed by atoms with Crippen molar-refractivity contribution in [2.24, 2.45) is 0 Å². The lowest BCUT2D eigenvalue weighted by atomic mass is 10.3. The van der Waals surface area contributed by atoms with Crippen LogP contribution in [0.25, 0.3) is 0 Å². The maximum absolute atomic E-state index is 13.5. The van der Waals surface area contributed by atoms with Gasteiger partial charge in [0.05, 0.1) is 10.0 Å². The van der Waals surface area contributed by atoms with E-state index in [1.807, 2.05) is 0 Å². The third kappa shape index (κ3) is 2.29. The van der Waals surface area contributed by atoms with Gasteiger partial charge in [-0.15, -0.1) is 0 Å². The summed E-state index contributed by atoms with van der Waals surface area (Å²) < 4.78 is 39.1. The van der Waals surface area contributed by atoms with Crippen molar-refractivity contribution in [2.75, 3.05) is 13.1 Å². The molecule has 1 fully saturated rings. The van der Waals surface area contributed by atoms with E-state index in [1.165, 1.54) is 16.4 Å². The van der Waals surface area contributed by atoms with Crippen molar-refractivity contribution in [3.63, 3.8) is 0 Å². The van der Waals surface area contributed by atoms with Gasteiger partial charge in [0.15, 0.2) is 5.82 Å². The fourth-order valence-corrected chi connectivity index (χ4v) is 4.01. The van der Waals surface area contributed by atoms with E-state index >= 15 is 0 Å². The second-order valence-electron chi connectivity index (χ2n) is 3.78. The molecule has 2 rings (SSSR count). The van der Waals surface area contributed by atoms with E-state index in [0.717, 1.165) is 12.8 Å². The van der Waals surface area contributed by atoms with Crippen molar-refractivity contribution in [1.82, 2.24) is 4.31 Å². The first-order valence-electron chi connectivity index (χ1n) is 5.08. The van der Waals surface area contributed by atoms with E-state index in [-0.39, 0.29) is 9.92 Å². The Kier molecular flexibility index (Phi) is 3.63. The molecule has 3 nitrogen and oxygen atoms in total. The molecule has 0 N–H and O–H groups in total. The van der Waals surface area contributed by atoms with Gasteiger partial charge in [-0.3, -0.25) is 0 Å². The van der Waals surface area contributed by atoms with Crippen LogP contribution in [0.5, 0.6) is 0 Å². The molecule has 0 atom stereocenters. The molecule has 0 amide bonds. The predicted octanol–water partition coefficient (Wildman–Crippen LogP) is 2.92. The third-order valence-corrected chi connectivity index (χ3v) is 5.40. The summed E-state index contributed by atoms with van der Waals surface area (Å²) in [5.41, 5.74) is 0. The zero-order valence-corrected chi connectivity index (χ0v) is 11.1. The summed E-state index contributed by atoms with van der Waals surface area (Å²) in [6.07, 6.45) is 1.62. The fourth-order valence-electron chi connectivity index (χ4n) is 1.77. The molecule has 0 aliphatic carbocycles. The van der Waals surface area contributed by atoms with Gasteiger partial charge in [0.2, 0.25) is 10.0 Å². The van der Waals surface area contributed by atoms with E-state index in [0.29, 0.717) is 13.1 Å². The molecule has 94 valence electrons. The molecule has 0 unspecified atom stereocenters. The van der Waals surface area contributed by atoms with Gasteiger partial charge in [-0.25, -0.2) is 12.8 Å². The number of sulfonamides is 1. The summed E-state index contributed by atoms with van der Waals surface area (Å²) in [4.78, 5) is -0.219. The lowest BCUT2D eigenvalue weighted by Gasteiger charge is -2.16. The van der Waals surface area contributed by atoms with Crippen molar-refractivity contribution in [2.45, 2.75) is 17.7 Å². The summed E-state index contributed by atoms with van der Waals surface area (Å²) in [5, 5.41) is -0.625. The van der Waals surface area contributed by atoms with E-state index < -0.39 is 20.9 Å². The van der Waals surface area contributed by atoms with Gasteiger partial charge in [0, 0.05) is 13.1 Å². The number of hydrogen-bond acceptors (Lipinski definition) is 2. The SMILES string of the molecule is O=S(=O)(c1ccc(Cl)c(F)c1Cl)N1CCCC1. The first-order chi connectivity index (χ1) is 7.94. The molecule has 7 heteroatoms. The van der Waals surface area contributed by atoms with Gasteiger partial charge in [-0.1, -0.05) is 23.2 Å². The first kappa shape index (κ1) is 13.1. The van der Waals surface area contributed by atoms with Gasteiger partial charge >= 0.3 is 0 Å². The Morgan fingerprint density at radius 3 is 2.35 bits per heavy atom. The van der Waals surface area contributed by atoms with Crippen molar-refractivity contribution in [1.29, 1.82) is 0 Å². The molecular weight excluding hydrogens is 288 g/mol. The Morgan fingerprint density at radius 1 is 1.18 bits per heavy atom. The second kappa shape index (κ2) is 4.72. The van der Waals surface area contributed by atoms with Gasteiger partial charge < -0.3 is 0 Å². The molecule has 1 aromatic carbocycles. The number of hydrogen-bond donors (Lipinski definition) is 0. The minimum Gasteiger partial charge on any atom is -0.207 e. The minimum absolute atomic E-state index is 0.185. The molecule has 1 saturated heterocycles. The Bertz CT molecular complexity index is 541. The summed E-state index contributed by atoms with van der Waals surface area (Å²) in [7, 11) is -3.71. The summed E-state index contributed by atoms with van der Waals surface area (Å²) in [6, 6.07) is 2.44. The standard InChI is InChI=1S/C10H10Cl2FNO2S/c11-7-3-4-8(9(12)10(7)13)17(15,16)14-5-1-2-6-14/h3-4H,1-2,5-6H2. The highest BCUT2D eigenvalue weighted by molar-refractivity contribution is 7.89. The summed E-state index contributed by atoms with van der Waals surface area (Å²) in [5.74, 6) is -0.895. The molecule has 1 aromatic rings. The van der Waals surface area contributed by atoms with Gasteiger partial charge in [-0.2, -0.15) is 4.31 Å². The Morgan fingerprint density at radius 2 is 1.76 bits per heavy atom. The molecule has 0 bridgehead atoms. The Hall–Kier alpha value is -0.360. The molecule has 1 aliphatic heterocycles. The predicted molar refractivity (Wildman–Crippen MR) is 64.4 cm³/mol. The molecule has 0 saturated carbocycles. The average molecular weight is 298 g/mol. The minimum atomic E-state index is -3.71. The van der Waals surface area contributed by atoms with Crippen LogP contribution in [0.3, 0.4) is 0 Å². The van der Waals surface area contributed by atoms with E-state index in [1.54, 1.807) is 0 Å². The molecule has 1 aliphatic rings. The zero-order chi connectivity index (χ0) is 12.6. The maximum Gasteiger partial charge on any atom is 0.244 e. The number of benzene rings is 1. The van der Waals surface area contributed by atoms with Crippen molar-refractivity contribution < 1.29 is 12.8 Å². The van der Waals surface area contributed by atoms with Gasteiger partial charge in [0.1, 0.15) is 4.90 Å². The van der Waals surface area contributed by atoms with Crippen LogP contribution < -0.4 is 0 Å². The molecule has 0 spiro atoms. The number of nitrogens with zero attached hydrogens (tertiary/aromatic N) is 1. The normalized spacial score (nSPS) is 17.6. The van der Waals surface area contributed by atoms with Crippen molar-refractivity contribution in [3.8, 4) is 0 Å². The largest absolute Gasteiger partial charge is 0.244 e. The van der Waals surface area contributed by atoms with Gasteiger partial charge in [0.25, 0.3) is 0 Å². The molecule has 0 aromatic heterocycles. The van der Waals surface area contributed by atoms with E-state index in [9.17, 15) is 12.8 Å². The zero-order valence-electron chi connectivity index (χ0n) is 8.79. The molecule has 0 radical (unpaired) electrons. The monoisotopic (exact) mass is 297 g/mol. The quantitative estimate of drug-likeness (QED) is 0.787. The third-order valence-electron chi connectivity index (χ3n) is 2.68. The van der Waals surface area contributed by atoms with Crippen LogP contribution in [0.15, 0.2) is 17.0 Å². The smallest absolute Gasteiger partial charge is 0.207 e. The van der Waals surface area contributed by atoms with E-state index in [2.05, 4.69) is 0 Å². The number of rotatable bonds is 2. The highest BCUT2D eigenvalue weighted by atomic mass is 35.5. The van der Waals surface area contributed by atoms with Crippen molar-refractivity contribution >= 4 is 33.2 Å². The Labute approximate surface area is 109 Å². The fraction of sp³-hybridized carbons (Fsp3) is 0.400. The number of halogens is 3. The lowest BCUT2D eigenvalue weighted by molar-refractivity contribution is 0.476.